The lowest BCUT2D eigenvalue weighted by Crippen LogP contribution is -2.45. The molecule has 1 aliphatic rings. The third-order valence-corrected chi connectivity index (χ3v) is 7.92. The Labute approximate surface area is 206 Å². The normalized spacial score (nSPS) is 17.7. The minimum atomic E-state index is -3.83. The molecule has 3 aromatic rings. The zero-order valence-electron chi connectivity index (χ0n) is 19.7. The molecule has 35 heavy (non-hydrogen) atoms. The van der Waals surface area contributed by atoms with Crippen LogP contribution in [-0.4, -0.2) is 43.6 Å². The van der Waals surface area contributed by atoms with Crippen molar-refractivity contribution in [3.63, 3.8) is 0 Å². The minimum absolute atomic E-state index is 0.163. The van der Waals surface area contributed by atoms with Gasteiger partial charge < -0.3 is 15.3 Å². The lowest BCUT2D eigenvalue weighted by atomic mass is 9.93. The maximum atomic E-state index is 13.4. The van der Waals surface area contributed by atoms with Gasteiger partial charge in [-0.2, -0.15) is 0 Å². The number of nitrogens with one attached hydrogen (secondary N) is 2. The van der Waals surface area contributed by atoms with Crippen LogP contribution in [0, 0.1) is 6.92 Å². The average molecular weight is 494 g/mol. The highest BCUT2D eigenvalue weighted by atomic mass is 32.2. The van der Waals surface area contributed by atoms with Crippen molar-refractivity contribution < 1.29 is 18.3 Å². The predicted molar refractivity (Wildman–Crippen MR) is 136 cm³/mol. The Morgan fingerprint density at radius 2 is 1.51 bits per heavy atom. The van der Waals surface area contributed by atoms with Gasteiger partial charge in [0.1, 0.15) is 0 Å². The Morgan fingerprint density at radius 1 is 0.943 bits per heavy atom. The van der Waals surface area contributed by atoms with Crippen LogP contribution in [-0.2, 0) is 10.0 Å². The number of amides is 1. The number of hydrogen-bond donors (Lipinski definition) is 3. The van der Waals surface area contributed by atoms with Crippen molar-refractivity contribution in [1.82, 2.24) is 14.9 Å². The summed E-state index contributed by atoms with van der Waals surface area (Å²) in [6.45, 7) is 2.84. The SMILES string of the molecule is Cc1ccc(S(=O)(=O)N[C@H](c2ccccc2)[C@H](NC[C@@H]2CCCN2C(=O)O)c2ccccc2)cc1. The van der Waals surface area contributed by atoms with Crippen LogP contribution in [0.4, 0.5) is 4.79 Å². The molecule has 3 N–H and O–H groups in total. The zero-order valence-corrected chi connectivity index (χ0v) is 20.5. The highest BCUT2D eigenvalue weighted by Crippen LogP contribution is 2.31. The molecule has 0 unspecified atom stereocenters. The molecule has 1 aliphatic heterocycles. The van der Waals surface area contributed by atoms with Crippen LogP contribution in [0.5, 0.6) is 0 Å². The van der Waals surface area contributed by atoms with E-state index in [0.717, 1.165) is 29.5 Å². The van der Waals surface area contributed by atoms with Crippen molar-refractivity contribution in [3.05, 3.63) is 102 Å². The summed E-state index contributed by atoms with van der Waals surface area (Å²) in [5.41, 5.74) is 2.70. The first kappa shape index (κ1) is 24.9. The van der Waals surface area contributed by atoms with Crippen LogP contribution < -0.4 is 10.0 Å². The van der Waals surface area contributed by atoms with E-state index < -0.39 is 28.2 Å². The smallest absolute Gasteiger partial charge is 0.407 e. The van der Waals surface area contributed by atoms with E-state index in [2.05, 4.69) is 10.0 Å². The van der Waals surface area contributed by atoms with E-state index in [1.807, 2.05) is 67.6 Å². The summed E-state index contributed by atoms with van der Waals surface area (Å²) in [4.78, 5) is 13.3. The Morgan fingerprint density at radius 3 is 2.09 bits per heavy atom. The van der Waals surface area contributed by atoms with Gasteiger partial charge >= 0.3 is 6.09 Å². The number of nitrogens with zero attached hydrogens (tertiary/aromatic N) is 1. The van der Waals surface area contributed by atoms with Crippen LogP contribution in [0.15, 0.2) is 89.8 Å². The molecule has 1 heterocycles. The first-order valence-corrected chi connectivity index (χ1v) is 13.3. The molecule has 0 spiro atoms. The molecular weight excluding hydrogens is 462 g/mol. The molecule has 184 valence electrons. The molecule has 4 rings (SSSR count). The minimum Gasteiger partial charge on any atom is -0.465 e. The Kier molecular flexibility index (Phi) is 7.85. The highest BCUT2D eigenvalue weighted by Gasteiger charge is 2.33. The fraction of sp³-hybridized carbons (Fsp3) is 0.296. The lowest BCUT2D eigenvalue weighted by Gasteiger charge is -2.32. The Bertz CT molecular complexity index is 1220. The van der Waals surface area contributed by atoms with Crippen LogP contribution in [0.25, 0.3) is 0 Å². The molecule has 0 radical (unpaired) electrons. The Balaban J connectivity index is 1.69. The van der Waals surface area contributed by atoms with Crippen LogP contribution in [0.3, 0.4) is 0 Å². The number of carbonyl (C=O) groups is 1. The summed E-state index contributed by atoms with van der Waals surface area (Å²) in [5.74, 6) is 0. The fourth-order valence-electron chi connectivity index (χ4n) is 4.59. The number of benzene rings is 3. The first-order valence-electron chi connectivity index (χ1n) is 11.8. The molecule has 1 saturated heterocycles. The first-order chi connectivity index (χ1) is 16.8. The number of aryl methyl sites for hydroxylation is 1. The van der Waals surface area contributed by atoms with Crippen LogP contribution in [0.2, 0.25) is 0 Å². The van der Waals surface area contributed by atoms with Gasteiger partial charge in [-0.25, -0.2) is 17.9 Å². The van der Waals surface area contributed by atoms with E-state index in [1.54, 1.807) is 24.3 Å². The third kappa shape index (κ3) is 6.08. The van der Waals surface area contributed by atoms with Gasteiger partial charge in [0.25, 0.3) is 0 Å². The quantitative estimate of drug-likeness (QED) is 0.408. The third-order valence-electron chi connectivity index (χ3n) is 6.46. The average Bonchev–Trinajstić information content (AvgIpc) is 3.34. The molecule has 3 aromatic carbocycles. The maximum absolute atomic E-state index is 13.4. The predicted octanol–water partition coefficient (Wildman–Crippen LogP) is 4.49. The number of rotatable bonds is 9. The van der Waals surface area contributed by atoms with E-state index in [9.17, 15) is 18.3 Å². The zero-order chi connectivity index (χ0) is 24.8. The van der Waals surface area contributed by atoms with Gasteiger partial charge in [-0.3, -0.25) is 0 Å². The molecule has 1 amide bonds. The number of carboxylic acid groups (broad SMARTS) is 1. The molecule has 0 bridgehead atoms. The summed E-state index contributed by atoms with van der Waals surface area (Å²) in [6, 6.07) is 24.7. The number of hydrogen-bond acceptors (Lipinski definition) is 4. The van der Waals surface area contributed by atoms with Crippen molar-refractivity contribution in [3.8, 4) is 0 Å². The van der Waals surface area contributed by atoms with Gasteiger partial charge in [0.2, 0.25) is 10.0 Å². The summed E-state index contributed by atoms with van der Waals surface area (Å²) in [6.07, 6.45) is 0.660. The molecule has 8 heteroatoms. The van der Waals surface area contributed by atoms with Gasteiger partial charge in [0.15, 0.2) is 0 Å². The molecule has 0 aliphatic carbocycles. The summed E-state index contributed by atoms with van der Waals surface area (Å²) in [5, 5.41) is 13.1. The van der Waals surface area contributed by atoms with E-state index >= 15 is 0 Å². The van der Waals surface area contributed by atoms with Crippen LogP contribution >= 0.6 is 0 Å². The topological polar surface area (TPSA) is 98.7 Å². The van der Waals surface area contributed by atoms with Crippen molar-refractivity contribution in [1.29, 1.82) is 0 Å². The van der Waals surface area contributed by atoms with Gasteiger partial charge in [-0.05, 0) is 43.0 Å². The van der Waals surface area contributed by atoms with Crippen molar-refractivity contribution in [2.75, 3.05) is 13.1 Å². The maximum Gasteiger partial charge on any atom is 0.407 e. The van der Waals surface area contributed by atoms with E-state index in [4.69, 9.17) is 0 Å². The van der Waals surface area contributed by atoms with Crippen LogP contribution in [0.1, 0.15) is 41.6 Å². The highest BCUT2D eigenvalue weighted by molar-refractivity contribution is 7.89. The summed E-state index contributed by atoms with van der Waals surface area (Å²) >= 11 is 0. The van der Waals surface area contributed by atoms with Gasteiger partial charge in [-0.1, -0.05) is 78.4 Å². The van der Waals surface area contributed by atoms with Gasteiger partial charge in [-0.15, -0.1) is 0 Å². The largest absolute Gasteiger partial charge is 0.465 e. The monoisotopic (exact) mass is 493 g/mol. The van der Waals surface area contributed by atoms with Gasteiger partial charge in [0.05, 0.1) is 17.0 Å². The molecule has 3 atom stereocenters. The van der Waals surface area contributed by atoms with E-state index in [1.165, 1.54) is 4.90 Å². The second-order valence-electron chi connectivity index (χ2n) is 8.89. The molecule has 0 aromatic heterocycles. The lowest BCUT2D eigenvalue weighted by molar-refractivity contribution is 0.138. The summed E-state index contributed by atoms with van der Waals surface area (Å²) in [7, 11) is -3.83. The standard InChI is InChI=1S/C27H31N3O4S/c1-20-14-16-24(17-15-20)35(33,34)29-26(22-11-6-3-7-12-22)25(21-9-4-2-5-10-21)28-19-23-13-8-18-30(23)27(31)32/h2-7,9-12,14-17,23,25-26,28-29H,8,13,18-19H2,1H3,(H,31,32)/t23-,25+,26+/m0/s1. The molecule has 7 nitrogen and oxygen atoms in total. The fourth-order valence-corrected chi connectivity index (χ4v) is 5.83. The second kappa shape index (κ2) is 11.0. The van der Waals surface area contributed by atoms with Gasteiger partial charge in [0, 0.05) is 19.1 Å². The second-order valence-corrected chi connectivity index (χ2v) is 10.6. The van der Waals surface area contributed by atoms with Crippen molar-refractivity contribution in [2.24, 2.45) is 0 Å². The number of likely N-dealkylation sites (tertiary alicyclic amines) is 1. The molecule has 0 saturated carbocycles. The molecular formula is C27H31N3O4S. The summed E-state index contributed by atoms with van der Waals surface area (Å²) < 4.78 is 29.8. The number of sulfonamides is 1. The van der Waals surface area contributed by atoms with E-state index in [-0.39, 0.29) is 10.9 Å². The van der Waals surface area contributed by atoms with Crippen molar-refractivity contribution >= 4 is 16.1 Å². The molecule has 1 fully saturated rings. The van der Waals surface area contributed by atoms with E-state index in [0.29, 0.717) is 13.1 Å². The Hall–Kier alpha value is -3.20. The van der Waals surface area contributed by atoms with Crippen molar-refractivity contribution in [2.45, 2.75) is 42.8 Å².